The monoisotopic (exact) mass is 384 g/mol. The summed E-state index contributed by atoms with van der Waals surface area (Å²) in [4.78, 5) is 29.6. The maximum atomic E-state index is 12.7. The number of para-hydroxylation sites is 1. The fraction of sp³-hybridized carbons (Fsp3) is 0.250. The first-order chi connectivity index (χ1) is 13.0. The van der Waals surface area contributed by atoms with E-state index in [0.717, 1.165) is 6.42 Å². The normalized spacial score (nSPS) is 11.0. The Morgan fingerprint density at radius 2 is 1.85 bits per heavy atom. The molecule has 1 aromatic carbocycles. The Balaban J connectivity index is 1.89. The molecule has 140 valence electrons. The molecule has 0 bridgehead atoms. The van der Waals surface area contributed by atoms with Gasteiger partial charge in [0, 0.05) is 12.7 Å². The molecule has 0 radical (unpaired) electrons. The Labute approximate surface area is 162 Å². The number of rotatable bonds is 6. The Hall–Kier alpha value is -2.86. The van der Waals surface area contributed by atoms with E-state index >= 15 is 0 Å². The first kappa shape index (κ1) is 18.9. The molecule has 2 N–H and O–H groups in total. The van der Waals surface area contributed by atoms with Crippen molar-refractivity contribution in [2.24, 2.45) is 5.92 Å². The number of carbonyl (C=O) groups excluding carboxylic acids is 2. The number of amides is 2. The highest BCUT2D eigenvalue weighted by molar-refractivity contribution is 6.33. The van der Waals surface area contributed by atoms with E-state index < -0.39 is 5.91 Å². The highest BCUT2D eigenvalue weighted by Gasteiger charge is 2.21. The number of carbonyl (C=O) groups is 2. The fourth-order valence-electron chi connectivity index (χ4n) is 2.66. The minimum Gasteiger partial charge on any atom is -0.351 e. The minimum absolute atomic E-state index is 0.125. The molecule has 0 unspecified atom stereocenters. The summed E-state index contributed by atoms with van der Waals surface area (Å²) in [5, 5.41) is 6.04. The van der Waals surface area contributed by atoms with Crippen molar-refractivity contribution in [1.29, 1.82) is 0 Å². The number of nitrogens with zero attached hydrogens (tertiary/aromatic N) is 2. The lowest BCUT2D eigenvalue weighted by molar-refractivity contribution is 0.0949. The van der Waals surface area contributed by atoms with Crippen molar-refractivity contribution < 1.29 is 9.59 Å². The Morgan fingerprint density at radius 1 is 1.11 bits per heavy atom. The molecule has 2 heterocycles. The molecule has 7 heteroatoms. The average molecular weight is 385 g/mol. The zero-order valence-corrected chi connectivity index (χ0v) is 16.0. The van der Waals surface area contributed by atoms with Gasteiger partial charge in [-0.1, -0.05) is 43.6 Å². The summed E-state index contributed by atoms with van der Waals surface area (Å²) in [5.41, 5.74) is 1.28. The molecule has 0 aliphatic heterocycles. The molecule has 0 aliphatic carbocycles. The highest BCUT2D eigenvalue weighted by Crippen LogP contribution is 2.22. The van der Waals surface area contributed by atoms with Gasteiger partial charge in [0.25, 0.3) is 11.8 Å². The standard InChI is InChI=1S/C20H21ClN4O2/c1-13(2)10-11-22-19(26)17-16-9-5-6-12-25(16)18(24-17)20(27)23-15-8-4-3-7-14(15)21/h3-9,12-13H,10-11H2,1-2H3,(H,22,26)(H,23,27). The van der Waals surface area contributed by atoms with E-state index in [1.54, 1.807) is 53.1 Å². The lowest BCUT2D eigenvalue weighted by Crippen LogP contribution is -2.26. The molecule has 0 atom stereocenters. The van der Waals surface area contributed by atoms with Gasteiger partial charge in [0.2, 0.25) is 5.82 Å². The summed E-state index contributed by atoms with van der Waals surface area (Å²) < 4.78 is 1.60. The second-order valence-electron chi connectivity index (χ2n) is 6.61. The van der Waals surface area contributed by atoms with Gasteiger partial charge >= 0.3 is 0 Å². The molecule has 0 aliphatic rings. The summed E-state index contributed by atoms with van der Waals surface area (Å²) in [6, 6.07) is 12.3. The van der Waals surface area contributed by atoms with Crippen molar-refractivity contribution in [1.82, 2.24) is 14.7 Å². The smallest absolute Gasteiger partial charge is 0.292 e. The Morgan fingerprint density at radius 3 is 2.59 bits per heavy atom. The van der Waals surface area contributed by atoms with E-state index in [-0.39, 0.29) is 17.4 Å². The molecule has 27 heavy (non-hydrogen) atoms. The lowest BCUT2D eigenvalue weighted by atomic mass is 10.1. The van der Waals surface area contributed by atoms with Crippen molar-refractivity contribution in [2.75, 3.05) is 11.9 Å². The summed E-state index contributed by atoms with van der Waals surface area (Å²) in [6.07, 6.45) is 2.58. The van der Waals surface area contributed by atoms with Crippen molar-refractivity contribution >= 4 is 34.6 Å². The number of benzene rings is 1. The number of imidazole rings is 1. The zero-order chi connectivity index (χ0) is 19.4. The first-order valence-electron chi connectivity index (χ1n) is 8.78. The Bertz CT molecular complexity index is 981. The zero-order valence-electron chi connectivity index (χ0n) is 15.2. The first-order valence-corrected chi connectivity index (χ1v) is 9.16. The maximum absolute atomic E-state index is 12.7. The van der Waals surface area contributed by atoms with Crippen LogP contribution in [0.1, 0.15) is 41.4 Å². The fourth-order valence-corrected chi connectivity index (χ4v) is 2.85. The van der Waals surface area contributed by atoms with Gasteiger partial charge in [-0.05, 0) is 36.6 Å². The molecule has 3 aromatic rings. The minimum atomic E-state index is -0.439. The van der Waals surface area contributed by atoms with Gasteiger partial charge in [-0.3, -0.25) is 14.0 Å². The topological polar surface area (TPSA) is 75.5 Å². The van der Waals surface area contributed by atoms with E-state index in [9.17, 15) is 9.59 Å². The van der Waals surface area contributed by atoms with Crippen LogP contribution in [0.2, 0.25) is 5.02 Å². The second kappa shape index (κ2) is 8.22. The number of fused-ring (bicyclic) bond motifs is 1. The van der Waals surface area contributed by atoms with E-state index in [1.165, 1.54) is 0 Å². The molecular weight excluding hydrogens is 364 g/mol. The van der Waals surface area contributed by atoms with Crippen LogP contribution in [0.25, 0.3) is 5.52 Å². The number of halogens is 1. The number of hydrogen-bond donors (Lipinski definition) is 2. The van der Waals surface area contributed by atoms with Gasteiger partial charge in [-0.25, -0.2) is 4.98 Å². The molecule has 2 amide bonds. The maximum Gasteiger partial charge on any atom is 0.292 e. The van der Waals surface area contributed by atoms with Gasteiger partial charge in [0.15, 0.2) is 5.69 Å². The van der Waals surface area contributed by atoms with Crippen molar-refractivity contribution in [3.8, 4) is 0 Å². The van der Waals surface area contributed by atoms with Crippen LogP contribution in [0, 0.1) is 5.92 Å². The van der Waals surface area contributed by atoms with Gasteiger partial charge in [-0.2, -0.15) is 0 Å². The van der Waals surface area contributed by atoms with Crippen LogP contribution in [-0.4, -0.2) is 27.7 Å². The predicted octanol–water partition coefficient (Wildman–Crippen LogP) is 4.02. The molecule has 0 spiro atoms. The average Bonchev–Trinajstić information content (AvgIpc) is 3.03. The Kier molecular flexibility index (Phi) is 5.76. The van der Waals surface area contributed by atoms with E-state index in [0.29, 0.717) is 28.7 Å². The van der Waals surface area contributed by atoms with Crippen LogP contribution < -0.4 is 10.6 Å². The third kappa shape index (κ3) is 4.28. The van der Waals surface area contributed by atoms with Crippen molar-refractivity contribution in [3.05, 3.63) is 65.2 Å². The molecule has 6 nitrogen and oxygen atoms in total. The van der Waals surface area contributed by atoms with Gasteiger partial charge in [-0.15, -0.1) is 0 Å². The molecule has 0 fully saturated rings. The van der Waals surface area contributed by atoms with Crippen LogP contribution >= 0.6 is 11.6 Å². The number of pyridine rings is 1. The summed E-state index contributed by atoms with van der Waals surface area (Å²) in [6.45, 7) is 4.74. The van der Waals surface area contributed by atoms with Crippen molar-refractivity contribution in [3.63, 3.8) is 0 Å². The summed E-state index contributed by atoms with van der Waals surface area (Å²) >= 11 is 6.11. The number of hydrogen-bond acceptors (Lipinski definition) is 3. The van der Waals surface area contributed by atoms with Crippen LogP contribution in [0.5, 0.6) is 0 Å². The van der Waals surface area contributed by atoms with Gasteiger partial charge < -0.3 is 10.6 Å². The number of aromatic nitrogens is 2. The predicted molar refractivity (Wildman–Crippen MR) is 106 cm³/mol. The molecular formula is C20H21ClN4O2. The van der Waals surface area contributed by atoms with E-state index in [1.807, 2.05) is 0 Å². The van der Waals surface area contributed by atoms with E-state index in [2.05, 4.69) is 29.5 Å². The molecule has 0 saturated carbocycles. The molecule has 2 aromatic heterocycles. The van der Waals surface area contributed by atoms with Crippen LogP contribution in [0.4, 0.5) is 5.69 Å². The van der Waals surface area contributed by atoms with Crippen LogP contribution in [-0.2, 0) is 0 Å². The van der Waals surface area contributed by atoms with Crippen molar-refractivity contribution in [2.45, 2.75) is 20.3 Å². The SMILES string of the molecule is CC(C)CCNC(=O)c1nc(C(=O)Nc2ccccc2Cl)n2ccccc12. The van der Waals surface area contributed by atoms with E-state index in [4.69, 9.17) is 11.6 Å². The number of nitrogens with one attached hydrogen (secondary N) is 2. The van der Waals surface area contributed by atoms with Gasteiger partial charge in [0.1, 0.15) is 0 Å². The summed E-state index contributed by atoms with van der Waals surface area (Å²) in [7, 11) is 0. The third-order valence-electron chi connectivity index (χ3n) is 4.10. The quantitative estimate of drug-likeness (QED) is 0.674. The van der Waals surface area contributed by atoms with Crippen LogP contribution in [0.15, 0.2) is 48.7 Å². The summed E-state index contributed by atoms with van der Waals surface area (Å²) in [5.74, 6) is -0.123. The van der Waals surface area contributed by atoms with Crippen LogP contribution in [0.3, 0.4) is 0 Å². The highest BCUT2D eigenvalue weighted by atomic mass is 35.5. The third-order valence-corrected chi connectivity index (χ3v) is 4.43. The largest absolute Gasteiger partial charge is 0.351 e. The lowest BCUT2D eigenvalue weighted by Gasteiger charge is -2.06. The molecule has 0 saturated heterocycles. The number of anilines is 1. The second-order valence-corrected chi connectivity index (χ2v) is 7.02. The molecule has 3 rings (SSSR count). The van der Waals surface area contributed by atoms with Gasteiger partial charge in [0.05, 0.1) is 16.2 Å².